The Kier molecular flexibility index (Phi) is 5.39. The molecule has 0 bridgehead atoms. The van der Waals surface area contributed by atoms with Crippen LogP contribution in [0.3, 0.4) is 0 Å². The fourth-order valence-electron chi connectivity index (χ4n) is 2.86. The number of carbonyl (C=O) groups is 1. The van der Waals surface area contributed by atoms with E-state index in [1.807, 2.05) is 13.8 Å². The number of hydrogen-bond acceptors (Lipinski definition) is 2. The quantitative estimate of drug-likeness (QED) is 0.876. The molecule has 1 aliphatic rings. The topological polar surface area (TPSA) is 55.1 Å². The van der Waals surface area contributed by atoms with E-state index < -0.39 is 0 Å². The van der Waals surface area contributed by atoms with Crippen molar-refractivity contribution in [1.82, 2.24) is 0 Å². The summed E-state index contributed by atoms with van der Waals surface area (Å²) < 4.78 is 0. The van der Waals surface area contributed by atoms with Crippen molar-refractivity contribution >= 4 is 24.0 Å². The van der Waals surface area contributed by atoms with Gasteiger partial charge in [-0.3, -0.25) is 4.79 Å². The maximum Gasteiger partial charge on any atom is 0.227 e. The molecule has 1 fully saturated rings. The van der Waals surface area contributed by atoms with Crippen LogP contribution < -0.4 is 11.1 Å². The van der Waals surface area contributed by atoms with Crippen molar-refractivity contribution in [2.75, 3.05) is 5.32 Å². The fourth-order valence-corrected chi connectivity index (χ4v) is 2.86. The number of amides is 1. The van der Waals surface area contributed by atoms with E-state index in [2.05, 4.69) is 24.4 Å². The lowest BCUT2D eigenvalue weighted by Gasteiger charge is -2.15. The number of rotatable bonds is 2. The average Bonchev–Trinajstić information content (AvgIpc) is 2.70. The summed E-state index contributed by atoms with van der Waals surface area (Å²) in [5, 5.41) is 3.07. The molecule has 0 saturated heterocycles. The smallest absolute Gasteiger partial charge is 0.227 e. The van der Waals surface area contributed by atoms with Crippen LogP contribution in [0.4, 0.5) is 5.69 Å². The molecule has 3 nitrogen and oxygen atoms in total. The molecule has 3 N–H and O–H groups in total. The van der Waals surface area contributed by atoms with Crippen molar-refractivity contribution in [2.45, 2.75) is 46.1 Å². The third-order valence-electron chi connectivity index (χ3n) is 3.77. The Hall–Kier alpha value is -1.06. The maximum absolute atomic E-state index is 12.2. The minimum atomic E-state index is 0. The third-order valence-corrected chi connectivity index (χ3v) is 3.77. The molecule has 2 rings (SSSR count). The van der Waals surface area contributed by atoms with Crippen LogP contribution in [0.15, 0.2) is 12.1 Å². The molecule has 1 saturated carbocycles. The molecule has 106 valence electrons. The number of carbonyl (C=O) groups excluding carboxylic acids is 1. The monoisotopic (exact) mass is 282 g/mol. The van der Waals surface area contributed by atoms with Crippen LogP contribution in [0.25, 0.3) is 0 Å². The average molecular weight is 283 g/mol. The second-order valence-corrected chi connectivity index (χ2v) is 5.53. The standard InChI is InChI=1S/C15H22N2O.ClH/c1-9-6-10(2)14(11(3)7-9)17-15(18)12-4-5-13(16)8-12;/h6-7,12-13H,4-5,8,16H2,1-3H3,(H,17,18);1H. The molecule has 0 aromatic heterocycles. The summed E-state index contributed by atoms with van der Waals surface area (Å²) in [6.07, 6.45) is 2.69. The summed E-state index contributed by atoms with van der Waals surface area (Å²) in [5.41, 5.74) is 10.3. The van der Waals surface area contributed by atoms with Crippen molar-refractivity contribution in [3.8, 4) is 0 Å². The van der Waals surface area contributed by atoms with Gasteiger partial charge in [0.25, 0.3) is 0 Å². The minimum Gasteiger partial charge on any atom is -0.328 e. The molecule has 1 amide bonds. The van der Waals surface area contributed by atoms with Gasteiger partial charge < -0.3 is 11.1 Å². The van der Waals surface area contributed by atoms with Crippen molar-refractivity contribution < 1.29 is 4.79 Å². The van der Waals surface area contributed by atoms with Gasteiger partial charge in [-0.15, -0.1) is 12.4 Å². The predicted molar refractivity (Wildman–Crippen MR) is 81.8 cm³/mol. The van der Waals surface area contributed by atoms with Gasteiger partial charge in [0.15, 0.2) is 0 Å². The van der Waals surface area contributed by atoms with Gasteiger partial charge in [0.1, 0.15) is 0 Å². The number of nitrogens with two attached hydrogens (primary N) is 1. The Morgan fingerprint density at radius 3 is 2.26 bits per heavy atom. The van der Waals surface area contributed by atoms with E-state index in [1.54, 1.807) is 0 Å². The van der Waals surface area contributed by atoms with E-state index in [4.69, 9.17) is 5.73 Å². The van der Waals surface area contributed by atoms with Gasteiger partial charge in [-0.25, -0.2) is 0 Å². The Morgan fingerprint density at radius 2 is 1.79 bits per heavy atom. The highest BCUT2D eigenvalue weighted by atomic mass is 35.5. The summed E-state index contributed by atoms with van der Waals surface area (Å²) in [5.74, 6) is 0.207. The zero-order chi connectivity index (χ0) is 13.3. The first-order valence-electron chi connectivity index (χ1n) is 6.61. The highest BCUT2D eigenvalue weighted by molar-refractivity contribution is 5.94. The van der Waals surface area contributed by atoms with Gasteiger partial charge in [0, 0.05) is 17.6 Å². The zero-order valence-electron chi connectivity index (χ0n) is 11.8. The Balaban J connectivity index is 0.00000180. The predicted octanol–water partition coefficient (Wildman–Crippen LogP) is 3.10. The van der Waals surface area contributed by atoms with Crippen molar-refractivity contribution in [3.05, 3.63) is 28.8 Å². The van der Waals surface area contributed by atoms with E-state index in [0.717, 1.165) is 36.1 Å². The Labute approximate surface area is 121 Å². The van der Waals surface area contributed by atoms with Crippen molar-refractivity contribution in [2.24, 2.45) is 11.7 Å². The first-order valence-corrected chi connectivity index (χ1v) is 6.61. The molecule has 0 heterocycles. The minimum absolute atomic E-state index is 0. The van der Waals surface area contributed by atoms with Crippen LogP contribution in [0.5, 0.6) is 0 Å². The largest absolute Gasteiger partial charge is 0.328 e. The number of hydrogen-bond donors (Lipinski definition) is 2. The molecular weight excluding hydrogens is 260 g/mol. The number of anilines is 1. The molecule has 1 aliphatic carbocycles. The second kappa shape index (κ2) is 6.40. The molecule has 2 atom stereocenters. The lowest BCUT2D eigenvalue weighted by molar-refractivity contribution is -0.119. The molecule has 0 spiro atoms. The van der Waals surface area contributed by atoms with Crippen LogP contribution in [-0.2, 0) is 4.79 Å². The summed E-state index contributed by atoms with van der Waals surface area (Å²) in [6.45, 7) is 6.15. The van der Waals surface area contributed by atoms with Gasteiger partial charge in [-0.2, -0.15) is 0 Å². The second-order valence-electron chi connectivity index (χ2n) is 5.53. The van der Waals surface area contributed by atoms with E-state index in [9.17, 15) is 4.79 Å². The van der Waals surface area contributed by atoms with E-state index in [0.29, 0.717) is 0 Å². The number of benzene rings is 1. The molecule has 0 radical (unpaired) electrons. The van der Waals surface area contributed by atoms with E-state index in [1.165, 1.54) is 5.56 Å². The number of halogens is 1. The number of aryl methyl sites for hydroxylation is 3. The molecular formula is C15H23ClN2O. The molecule has 1 aromatic carbocycles. The van der Waals surface area contributed by atoms with E-state index >= 15 is 0 Å². The number of nitrogens with one attached hydrogen (secondary N) is 1. The molecule has 19 heavy (non-hydrogen) atoms. The van der Waals surface area contributed by atoms with Gasteiger partial charge in [-0.1, -0.05) is 17.7 Å². The van der Waals surface area contributed by atoms with Crippen molar-refractivity contribution in [3.63, 3.8) is 0 Å². The maximum atomic E-state index is 12.2. The van der Waals surface area contributed by atoms with Gasteiger partial charge in [-0.05, 0) is 51.2 Å². The van der Waals surface area contributed by atoms with Crippen molar-refractivity contribution in [1.29, 1.82) is 0 Å². The summed E-state index contributed by atoms with van der Waals surface area (Å²) in [4.78, 5) is 12.2. The lowest BCUT2D eigenvalue weighted by atomic mass is 10.0. The van der Waals surface area contributed by atoms with Gasteiger partial charge >= 0.3 is 0 Å². The van der Waals surface area contributed by atoms with Crippen LogP contribution >= 0.6 is 12.4 Å². The van der Waals surface area contributed by atoms with Crippen LogP contribution in [0, 0.1) is 26.7 Å². The lowest BCUT2D eigenvalue weighted by Crippen LogP contribution is -2.24. The van der Waals surface area contributed by atoms with Crippen LogP contribution in [0.1, 0.15) is 36.0 Å². The zero-order valence-corrected chi connectivity index (χ0v) is 12.6. The van der Waals surface area contributed by atoms with E-state index in [-0.39, 0.29) is 30.3 Å². The first kappa shape index (κ1) is 16.0. The molecule has 2 unspecified atom stereocenters. The normalized spacial score (nSPS) is 21.9. The summed E-state index contributed by atoms with van der Waals surface area (Å²) >= 11 is 0. The van der Waals surface area contributed by atoms with Crippen LogP contribution in [-0.4, -0.2) is 11.9 Å². The third kappa shape index (κ3) is 3.71. The first-order chi connectivity index (χ1) is 8.47. The molecule has 0 aliphatic heterocycles. The Bertz CT molecular complexity index is 450. The Morgan fingerprint density at radius 1 is 1.21 bits per heavy atom. The summed E-state index contributed by atoms with van der Waals surface area (Å²) in [7, 11) is 0. The molecule has 1 aromatic rings. The summed E-state index contributed by atoms with van der Waals surface area (Å²) in [6, 6.07) is 4.40. The SMILES string of the molecule is Cc1cc(C)c(NC(=O)C2CCC(N)C2)c(C)c1.Cl. The van der Waals surface area contributed by atoms with Crippen LogP contribution in [0.2, 0.25) is 0 Å². The highest BCUT2D eigenvalue weighted by Gasteiger charge is 2.28. The van der Waals surface area contributed by atoms with Gasteiger partial charge in [0.2, 0.25) is 5.91 Å². The van der Waals surface area contributed by atoms with Gasteiger partial charge in [0.05, 0.1) is 0 Å². The molecule has 4 heteroatoms. The highest BCUT2D eigenvalue weighted by Crippen LogP contribution is 2.27. The fraction of sp³-hybridized carbons (Fsp3) is 0.533.